The van der Waals surface area contributed by atoms with E-state index in [1.165, 1.54) is 13.2 Å². The number of benzene rings is 1. The molecule has 0 saturated carbocycles. The number of hydrogen-bond acceptors (Lipinski definition) is 7. The summed E-state index contributed by atoms with van der Waals surface area (Å²) in [6, 6.07) is 5.74. The number of hydrogen-bond donors (Lipinski definition) is 2. The minimum absolute atomic E-state index is 0.169. The number of nitrogens with one attached hydrogen (secondary N) is 2. The van der Waals surface area contributed by atoms with Gasteiger partial charge in [-0.1, -0.05) is 0 Å². The molecule has 10 heteroatoms. The molecule has 0 bridgehead atoms. The number of amides is 1. The largest absolute Gasteiger partial charge is 0.467 e. The lowest BCUT2D eigenvalue weighted by atomic mass is 10.0. The molecule has 182 valence electrons. The van der Waals surface area contributed by atoms with E-state index in [9.17, 15) is 9.18 Å². The number of carbonyl (C=O) groups is 1. The monoisotopic (exact) mass is 477 g/mol. The molecule has 1 aliphatic rings. The minimum Gasteiger partial charge on any atom is -0.467 e. The van der Waals surface area contributed by atoms with Gasteiger partial charge in [0.2, 0.25) is 0 Å². The molecule has 1 fully saturated rings. The summed E-state index contributed by atoms with van der Waals surface area (Å²) in [4.78, 5) is 28.7. The number of methoxy groups -OCH3 is 1. The molecule has 1 amide bonds. The second kappa shape index (κ2) is 8.77. The van der Waals surface area contributed by atoms with Crippen LogP contribution in [0.1, 0.15) is 35.6 Å². The highest BCUT2D eigenvalue weighted by molar-refractivity contribution is 6.13. The van der Waals surface area contributed by atoms with Crippen molar-refractivity contribution >= 4 is 33.8 Å². The molecule has 4 aromatic rings. The fourth-order valence-electron chi connectivity index (χ4n) is 4.77. The Labute approximate surface area is 202 Å². The van der Waals surface area contributed by atoms with Gasteiger partial charge in [0, 0.05) is 60.4 Å². The van der Waals surface area contributed by atoms with E-state index in [-0.39, 0.29) is 11.7 Å². The van der Waals surface area contributed by atoms with Crippen LogP contribution in [0.3, 0.4) is 0 Å². The summed E-state index contributed by atoms with van der Waals surface area (Å²) in [7, 11) is 1.48. The van der Waals surface area contributed by atoms with Crippen molar-refractivity contribution in [1.29, 1.82) is 0 Å². The number of imidazole rings is 1. The third-order valence-electron chi connectivity index (χ3n) is 6.44. The van der Waals surface area contributed by atoms with Crippen LogP contribution in [0.5, 0.6) is 6.01 Å². The number of pyridine rings is 1. The van der Waals surface area contributed by atoms with Gasteiger partial charge in [0.15, 0.2) is 11.5 Å². The summed E-state index contributed by atoms with van der Waals surface area (Å²) in [5, 5.41) is 7.10. The Kier molecular flexibility index (Phi) is 5.76. The summed E-state index contributed by atoms with van der Waals surface area (Å²) in [6.45, 7) is 9.60. The Bertz CT molecular complexity index is 1440. The van der Waals surface area contributed by atoms with Gasteiger partial charge in [0.05, 0.1) is 29.6 Å². The van der Waals surface area contributed by atoms with Gasteiger partial charge in [0.25, 0.3) is 5.91 Å². The Morgan fingerprint density at radius 1 is 1.20 bits per heavy atom. The maximum atomic E-state index is 14.7. The van der Waals surface area contributed by atoms with Gasteiger partial charge in [-0.15, -0.1) is 0 Å². The Morgan fingerprint density at radius 3 is 2.66 bits per heavy atom. The summed E-state index contributed by atoms with van der Waals surface area (Å²) in [5.74, 6) is -0.914. The number of aryl methyl sites for hydroxylation is 2. The van der Waals surface area contributed by atoms with Crippen molar-refractivity contribution in [3.8, 4) is 6.01 Å². The van der Waals surface area contributed by atoms with Crippen molar-refractivity contribution in [2.45, 2.75) is 39.8 Å². The maximum Gasteiger partial charge on any atom is 0.316 e. The average Bonchev–Trinajstić information content (AvgIpc) is 3.11. The maximum absolute atomic E-state index is 14.7. The van der Waals surface area contributed by atoms with Crippen LogP contribution >= 0.6 is 0 Å². The zero-order chi connectivity index (χ0) is 24.9. The third-order valence-corrected chi connectivity index (χ3v) is 6.44. The van der Waals surface area contributed by atoms with Crippen molar-refractivity contribution in [2.24, 2.45) is 0 Å². The summed E-state index contributed by atoms with van der Waals surface area (Å²) in [5.41, 5.74) is 3.86. The lowest BCUT2D eigenvalue weighted by Crippen LogP contribution is -2.54. The molecule has 0 unspecified atom stereocenters. The molecule has 5 rings (SSSR count). The van der Waals surface area contributed by atoms with E-state index in [1.54, 1.807) is 22.9 Å². The molecule has 9 nitrogen and oxygen atoms in total. The smallest absolute Gasteiger partial charge is 0.316 e. The van der Waals surface area contributed by atoms with Crippen LogP contribution in [-0.4, -0.2) is 57.5 Å². The molecule has 4 heterocycles. The highest BCUT2D eigenvalue weighted by Crippen LogP contribution is 2.31. The first-order valence-corrected chi connectivity index (χ1v) is 11.6. The summed E-state index contributed by atoms with van der Waals surface area (Å²) >= 11 is 0. The predicted octanol–water partition coefficient (Wildman–Crippen LogP) is 3.48. The minimum atomic E-state index is -0.509. The van der Waals surface area contributed by atoms with Crippen LogP contribution in [0.2, 0.25) is 0 Å². The van der Waals surface area contributed by atoms with E-state index in [0.29, 0.717) is 28.9 Å². The first-order chi connectivity index (χ1) is 16.7. The number of carbonyl (C=O) groups excluding carboxylic acids is 1. The molecular weight excluding hydrogens is 449 g/mol. The first kappa shape index (κ1) is 23.0. The molecule has 0 aliphatic carbocycles. The molecule has 3 aromatic heterocycles. The quantitative estimate of drug-likeness (QED) is 0.465. The normalized spacial score (nSPS) is 18.3. The van der Waals surface area contributed by atoms with E-state index in [1.807, 2.05) is 19.9 Å². The van der Waals surface area contributed by atoms with E-state index in [0.717, 1.165) is 35.6 Å². The van der Waals surface area contributed by atoms with Crippen molar-refractivity contribution in [3.63, 3.8) is 0 Å². The molecule has 2 atom stereocenters. The van der Waals surface area contributed by atoms with E-state index < -0.39 is 11.7 Å². The van der Waals surface area contributed by atoms with E-state index in [4.69, 9.17) is 4.74 Å². The number of aromatic nitrogens is 4. The van der Waals surface area contributed by atoms with Gasteiger partial charge < -0.3 is 20.3 Å². The van der Waals surface area contributed by atoms with Crippen LogP contribution in [0.4, 0.5) is 15.8 Å². The molecule has 0 radical (unpaired) electrons. The van der Waals surface area contributed by atoms with Gasteiger partial charge in [-0.3, -0.25) is 9.20 Å². The lowest BCUT2D eigenvalue weighted by Gasteiger charge is -2.38. The Balaban J connectivity index is 1.55. The van der Waals surface area contributed by atoms with Crippen molar-refractivity contribution in [3.05, 3.63) is 53.4 Å². The second-order valence-corrected chi connectivity index (χ2v) is 9.13. The Hall–Kier alpha value is -3.79. The number of rotatable bonds is 4. The summed E-state index contributed by atoms with van der Waals surface area (Å²) < 4.78 is 21.6. The van der Waals surface area contributed by atoms with Gasteiger partial charge in [-0.2, -0.15) is 4.98 Å². The molecule has 35 heavy (non-hydrogen) atoms. The van der Waals surface area contributed by atoms with Crippen LogP contribution in [-0.2, 0) is 0 Å². The van der Waals surface area contributed by atoms with E-state index >= 15 is 0 Å². The molecular formula is C25H28FN7O2. The zero-order valence-electron chi connectivity index (χ0n) is 20.4. The third kappa shape index (κ3) is 4.14. The standard InChI is InChI=1S/C25H28FN7O2/c1-13-10-32(11-14(2)28-13)21-7-6-18(22-19(21)9-27-25(31-22)35-5)24(34)30-17-8-20(26)23-29-15(3)16(4)33(23)12-17/h6-9,12-14,28H,10-11H2,1-5H3,(H,30,34)/t13-,14-/m0/s1. The van der Waals surface area contributed by atoms with Gasteiger partial charge in [-0.05, 0) is 39.8 Å². The average molecular weight is 478 g/mol. The number of piperazine rings is 1. The SMILES string of the molecule is COc1ncc2c(N3C[C@H](C)N[C@@H](C)C3)ccc(C(=O)Nc3cc(F)c4nc(C)c(C)n4c3)c2n1. The lowest BCUT2D eigenvalue weighted by molar-refractivity contribution is 0.102. The van der Waals surface area contributed by atoms with Crippen molar-refractivity contribution in [1.82, 2.24) is 24.7 Å². The highest BCUT2D eigenvalue weighted by Gasteiger charge is 2.25. The molecule has 0 spiro atoms. The molecule has 1 aliphatic heterocycles. The number of fused-ring (bicyclic) bond motifs is 2. The second-order valence-electron chi connectivity index (χ2n) is 9.13. The van der Waals surface area contributed by atoms with Gasteiger partial charge in [0.1, 0.15) is 0 Å². The fourth-order valence-corrected chi connectivity index (χ4v) is 4.77. The highest BCUT2D eigenvalue weighted by atomic mass is 19.1. The number of anilines is 2. The van der Waals surface area contributed by atoms with Crippen LogP contribution in [0, 0.1) is 19.7 Å². The summed E-state index contributed by atoms with van der Waals surface area (Å²) in [6.07, 6.45) is 3.36. The first-order valence-electron chi connectivity index (χ1n) is 11.6. The van der Waals surface area contributed by atoms with Crippen LogP contribution in [0.15, 0.2) is 30.6 Å². The van der Waals surface area contributed by atoms with E-state index in [2.05, 4.69) is 44.3 Å². The van der Waals surface area contributed by atoms with Gasteiger partial charge >= 0.3 is 6.01 Å². The van der Waals surface area contributed by atoms with Crippen LogP contribution < -0.4 is 20.3 Å². The number of halogens is 1. The number of ether oxygens (including phenoxy) is 1. The van der Waals surface area contributed by atoms with Gasteiger partial charge in [-0.25, -0.2) is 14.4 Å². The van der Waals surface area contributed by atoms with Crippen LogP contribution in [0.25, 0.3) is 16.6 Å². The number of nitrogens with zero attached hydrogens (tertiary/aromatic N) is 5. The molecule has 1 saturated heterocycles. The molecule has 1 aromatic carbocycles. The Morgan fingerprint density at radius 2 is 1.94 bits per heavy atom. The predicted molar refractivity (Wildman–Crippen MR) is 133 cm³/mol. The zero-order valence-corrected chi connectivity index (χ0v) is 20.4. The fraction of sp³-hybridized carbons (Fsp3) is 0.360. The topological polar surface area (TPSA) is 96.7 Å². The molecule has 2 N–H and O–H groups in total. The van der Waals surface area contributed by atoms with Crippen molar-refractivity contribution in [2.75, 3.05) is 30.4 Å². The van der Waals surface area contributed by atoms with Crippen molar-refractivity contribution < 1.29 is 13.9 Å².